The third kappa shape index (κ3) is 3.60. The van der Waals surface area contributed by atoms with Gasteiger partial charge in [0.05, 0.1) is 22.4 Å². The number of hydrogen-bond donors (Lipinski definition) is 2. The van der Waals surface area contributed by atoms with Crippen LogP contribution in [-0.2, 0) is 0 Å². The SMILES string of the molecule is NC1CCC(NC(=O)c2cnn(-c3ccc([N+](=O)[O-])cc3)c2)CC1. The molecule has 1 aliphatic carbocycles. The van der Waals surface area contributed by atoms with E-state index in [2.05, 4.69) is 10.4 Å². The van der Waals surface area contributed by atoms with Gasteiger partial charge in [-0.25, -0.2) is 4.68 Å². The van der Waals surface area contributed by atoms with E-state index in [9.17, 15) is 14.9 Å². The molecule has 1 heterocycles. The van der Waals surface area contributed by atoms with Crippen LogP contribution >= 0.6 is 0 Å². The smallest absolute Gasteiger partial charge is 0.269 e. The molecule has 1 saturated carbocycles. The molecule has 0 atom stereocenters. The van der Waals surface area contributed by atoms with Crippen LogP contribution in [0, 0.1) is 10.1 Å². The summed E-state index contributed by atoms with van der Waals surface area (Å²) in [7, 11) is 0. The lowest BCUT2D eigenvalue weighted by atomic mass is 9.92. The van der Waals surface area contributed by atoms with Crippen LogP contribution in [0.2, 0.25) is 0 Å². The zero-order valence-electron chi connectivity index (χ0n) is 13.1. The third-order valence-corrected chi connectivity index (χ3v) is 4.28. The van der Waals surface area contributed by atoms with E-state index in [0.29, 0.717) is 11.3 Å². The fourth-order valence-corrected chi connectivity index (χ4v) is 2.84. The van der Waals surface area contributed by atoms with Crippen LogP contribution < -0.4 is 11.1 Å². The number of carbonyl (C=O) groups is 1. The molecular weight excluding hydrogens is 310 g/mol. The number of nitro benzene ring substituents is 1. The van der Waals surface area contributed by atoms with Crippen molar-refractivity contribution in [2.75, 3.05) is 0 Å². The van der Waals surface area contributed by atoms with Crippen molar-refractivity contribution in [1.82, 2.24) is 15.1 Å². The van der Waals surface area contributed by atoms with Gasteiger partial charge in [0.25, 0.3) is 11.6 Å². The van der Waals surface area contributed by atoms with Crippen LogP contribution in [-0.4, -0.2) is 32.7 Å². The molecule has 2 aromatic rings. The Bertz CT molecular complexity index is 732. The van der Waals surface area contributed by atoms with Crippen molar-refractivity contribution in [3.05, 3.63) is 52.3 Å². The summed E-state index contributed by atoms with van der Waals surface area (Å²) in [5.41, 5.74) is 7.00. The summed E-state index contributed by atoms with van der Waals surface area (Å²) in [4.78, 5) is 22.5. The number of benzene rings is 1. The first-order valence-corrected chi connectivity index (χ1v) is 7.89. The predicted molar refractivity (Wildman–Crippen MR) is 87.9 cm³/mol. The van der Waals surface area contributed by atoms with Crippen LogP contribution in [0.3, 0.4) is 0 Å². The van der Waals surface area contributed by atoms with E-state index in [4.69, 9.17) is 5.73 Å². The molecule has 3 rings (SSSR count). The second kappa shape index (κ2) is 6.79. The minimum absolute atomic E-state index is 0.0133. The van der Waals surface area contributed by atoms with Crippen molar-refractivity contribution >= 4 is 11.6 Å². The number of nitro groups is 1. The molecule has 1 aromatic carbocycles. The average molecular weight is 329 g/mol. The number of hydrogen-bond acceptors (Lipinski definition) is 5. The van der Waals surface area contributed by atoms with Gasteiger partial charge in [-0.3, -0.25) is 14.9 Å². The summed E-state index contributed by atoms with van der Waals surface area (Å²) in [6.07, 6.45) is 6.74. The van der Waals surface area contributed by atoms with Crippen molar-refractivity contribution in [2.24, 2.45) is 5.73 Å². The first-order valence-electron chi connectivity index (χ1n) is 7.89. The molecule has 1 amide bonds. The van der Waals surface area contributed by atoms with Gasteiger partial charge in [0.15, 0.2) is 0 Å². The lowest BCUT2D eigenvalue weighted by Crippen LogP contribution is -2.40. The molecule has 8 nitrogen and oxygen atoms in total. The molecule has 1 aliphatic rings. The molecule has 0 radical (unpaired) electrons. The molecule has 0 saturated heterocycles. The summed E-state index contributed by atoms with van der Waals surface area (Å²) in [5.74, 6) is -0.163. The van der Waals surface area contributed by atoms with Crippen LogP contribution in [0.15, 0.2) is 36.7 Å². The Hall–Kier alpha value is -2.74. The van der Waals surface area contributed by atoms with E-state index in [1.54, 1.807) is 18.3 Å². The van der Waals surface area contributed by atoms with Crippen molar-refractivity contribution in [3.63, 3.8) is 0 Å². The Balaban J connectivity index is 1.66. The quantitative estimate of drug-likeness (QED) is 0.655. The maximum atomic E-state index is 12.3. The van der Waals surface area contributed by atoms with Crippen LogP contribution in [0.4, 0.5) is 5.69 Å². The first kappa shape index (κ1) is 16.1. The maximum Gasteiger partial charge on any atom is 0.269 e. The number of aromatic nitrogens is 2. The number of amides is 1. The molecule has 3 N–H and O–H groups in total. The van der Waals surface area contributed by atoms with E-state index in [-0.39, 0.29) is 23.7 Å². The Morgan fingerprint density at radius 2 is 1.92 bits per heavy atom. The number of rotatable bonds is 4. The molecule has 24 heavy (non-hydrogen) atoms. The minimum atomic E-state index is -0.457. The van der Waals surface area contributed by atoms with Crippen LogP contribution in [0.25, 0.3) is 5.69 Å². The summed E-state index contributed by atoms with van der Waals surface area (Å²) < 4.78 is 1.52. The molecule has 8 heteroatoms. The highest BCUT2D eigenvalue weighted by Crippen LogP contribution is 2.18. The van der Waals surface area contributed by atoms with Gasteiger partial charge in [-0.15, -0.1) is 0 Å². The zero-order valence-corrected chi connectivity index (χ0v) is 13.1. The van der Waals surface area contributed by atoms with Crippen molar-refractivity contribution in [2.45, 2.75) is 37.8 Å². The molecule has 0 unspecified atom stereocenters. The summed E-state index contributed by atoms with van der Waals surface area (Å²) in [5, 5.41) is 17.8. The largest absolute Gasteiger partial charge is 0.349 e. The lowest BCUT2D eigenvalue weighted by molar-refractivity contribution is -0.384. The highest BCUT2D eigenvalue weighted by molar-refractivity contribution is 5.94. The summed E-state index contributed by atoms with van der Waals surface area (Å²) in [6, 6.07) is 6.39. The number of nitrogens with two attached hydrogens (primary N) is 1. The zero-order chi connectivity index (χ0) is 17.1. The second-order valence-corrected chi connectivity index (χ2v) is 6.03. The molecule has 0 bridgehead atoms. The Labute approximate surface area is 138 Å². The van der Waals surface area contributed by atoms with Gasteiger partial charge < -0.3 is 11.1 Å². The lowest BCUT2D eigenvalue weighted by Gasteiger charge is -2.26. The van der Waals surface area contributed by atoms with E-state index in [0.717, 1.165) is 25.7 Å². The molecule has 1 aromatic heterocycles. The Kier molecular flexibility index (Phi) is 4.57. The summed E-state index contributed by atoms with van der Waals surface area (Å²) >= 11 is 0. The minimum Gasteiger partial charge on any atom is -0.349 e. The average Bonchev–Trinajstić information content (AvgIpc) is 3.07. The van der Waals surface area contributed by atoms with Crippen LogP contribution in [0.5, 0.6) is 0 Å². The van der Waals surface area contributed by atoms with Gasteiger partial charge in [-0.2, -0.15) is 5.10 Å². The van der Waals surface area contributed by atoms with Gasteiger partial charge in [-0.05, 0) is 37.8 Å². The topological polar surface area (TPSA) is 116 Å². The highest BCUT2D eigenvalue weighted by atomic mass is 16.6. The van der Waals surface area contributed by atoms with Gasteiger partial charge in [0.2, 0.25) is 0 Å². The van der Waals surface area contributed by atoms with E-state index >= 15 is 0 Å². The van der Waals surface area contributed by atoms with Gasteiger partial charge >= 0.3 is 0 Å². The fraction of sp³-hybridized carbons (Fsp3) is 0.375. The fourth-order valence-electron chi connectivity index (χ4n) is 2.84. The van der Waals surface area contributed by atoms with E-state index in [1.165, 1.54) is 23.0 Å². The highest BCUT2D eigenvalue weighted by Gasteiger charge is 2.21. The molecule has 1 fully saturated rings. The molecule has 0 aliphatic heterocycles. The van der Waals surface area contributed by atoms with Crippen molar-refractivity contribution < 1.29 is 9.72 Å². The third-order valence-electron chi connectivity index (χ3n) is 4.28. The molecule has 126 valence electrons. The standard InChI is InChI=1S/C16H19N5O3/c17-12-1-3-13(4-2-12)19-16(22)11-9-18-20(10-11)14-5-7-15(8-6-14)21(23)24/h5-10,12-13H,1-4,17H2,(H,19,22). The van der Waals surface area contributed by atoms with Gasteiger partial charge in [-0.1, -0.05) is 0 Å². The Morgan fingerprint density at radius 1 is 1.25 bits per heavy atom. The number of nitrogens with zero attached hydrogens (tertiary/aromatic N) is 3. The van der Waals surface area contributed by atoms with Crippen molar-refractivity contribution in [1.29, 1.82) is 0 Å². The second-order valence-electron chi connectivity index (χ2n) is 6.03. The molecule has 0 spiro atoms. The normalized spacial score (nSPS) is 20.5. The van der Waals surface area contributed by atoms with Crippen LogP contribution in [0.1, 0.15) is 36.0 Å². The number of nitrogens with one attached hydrogen (secondary N) is 1. The van der Waals surface area contributed by atoms with Crippen molar-refractivity contribution in [3.8, 4) is 5.69 Å². The maximum absolute atomic E-state index is 12.3. The van der Waals surface area contributed by atoms with E-state index in [1.807, 2.05) is 0 Å². The monoisotopic (exact) mass is 329 g/mol. The first-order chi connectivity index (χ1) is 11.5. The van der Waals surface area contributed by atoms with Gasteiger partial charge in [0, 0.05) is 30.4 Å². The molecular formula is C16H19N5O3. The number of non-ortho nitro benzene ring substituents is 1. The summed E-state index contributed by atoms with van der Waals surface area (Å²) in [6.45, 7) is 0. The van der Waals surface area contributed by atoms with Gasteiger partial charge in [0.1, 0.15) is 0 Å². The van der Waals surface area contributed by atoms with E-state index < -0.39 is 4.92 Å². The Morgan fingerprint density at radius 3 is 2.54 bits per heavy atom. The predicted octanol–water partition coefficient (Wildman–Crippen LogP) is 1.78. The number of carbonyl (C=O) groups excluding carboxylic acids is 1.